The Morgan fingerprint density at radius 1 is 1.14 bits per heavy atom. The van der Waals surface area contributed by atoms with Crippen molar-refractivity contribution in [2.45, 2.75) is 19.4 Å². The summed E-state index contributed by atoms with van der Waals surface area (Å²) in [4.78, 5) is 12.3. The molecule has 0 aliphatic rings. The smallest absolute Gasteiger partial charge is 0.347 e. The van der Waals surface area contributed by atoms with Crippen LogP contribution in [0.25, 0.3) is 0 Å². The molecule has 3 nitrogen and oxygen atoms in total. The van der Waals surface area contributed by atoms with Crippen molar-refractivity contribution in [1.82, 2.24) is 0 Å². The normalized spacial score (nSPS) is 13.6. The zero-order chi connectivity index (χ0) is 15.6. The maximum absolute atomic E-state index is 12.3. The predicted octanol–water partition coefficient (Wildman–Crippen LogP) is 3.47. The minimum atomic E-state index is -1.84. The van der Waals surface area contributed by atoms with Crippen molar-refractivity contribution in [3.05, 3.63) is 69.2 Å². The molecular formula is C17H17BrO3. The average Bonchev–Trinajstić information content (AvgIpc) is 2.45. The maximum Gasteiger partial charge on any atom is 0.347 e. The Morgan fingerprint density at radius 2 is 1.71 bits per heavy atom. The van der Waals surface area contributed by atoms with Crippen LogP contribution in [0, 0.1) is 13.8 Å². The molecule has 2 aromatic rings. The average molecular weight is 349 g/mol. The van der Waals surface area contributed by atoms with Crippen molar-refractivity contribution in [3.8, 4) is 0 Å². The lowest BCUT2D eigenvalue weighted by atomic mass is 9.85. The van der Waals surface area contributed by atoms with Crippen molar-refractivity contribution in [1.29, 1.82) is 0 Å². The highest BCUT2D eigenvalue weighted by Crippen LogP contribution is 2.36. The number of hydrogen-bond donors (Lipinski definition) is 1. The third kappa shape index (κ3) is 2.87. The molecule has 1 atom stereocenters. The van der Waals surface area contributed by atoms with E-state index in [-0.39, 0.29) is 0 Å². The Balaban J connectivity index is 2.74. The van der Waals surface area contributed by atoms with Crippen LogP contribution >= 0.6 is 15.9 Å². The second-order valence-electron chi connectivity index (χ2n) is 5.06. The van der Waals surface area contributed by atoms with E-state index in [1.807, 2.05) is 26.0 Å². The zero-order valence-corrected chi connectivity index (χ0v) is 13.8. The largest absolute Gasteiger partial charge is 0.466 e. The van der Waals surface area contributed by atoms with E-state index < -0.39 is 11.6 Å². The molecule has 0 amide bonds. The Bertz CT molecular complexity index is 661. The van der Waals surface area contributed by atoms with E-state index in [0.717, 1.165) is 11.1 Å². The molecule has 1 N–H and O–H groups in total. The van der Waals surface area contributed by atoms with Crippen LogP contribution in [0.1, 0.15) is 22.3 Å². The summed E-state index contributed by atoms with van der Waals surface area (Å²) in [6, 6.07) is 12.7. The van der Waals surface area contributed by atoms with Crippen LogP contribution in [-0.2, 0) is 15.1 Å². The van der Waals surface area contributed by atoms with Crippen molar-refractivity contribution in [2.24, 2.45) is 0 Å². The van der Waals surface area contributed by atoms with E-state index in [0.29, 0.717) is 15.6 Å². The van der Waals surface area contributed by atoms with Crippen molar-refractivity contribution >= 4 is 21.9 Å². The molecule has 2 rings (SSSR count). The topological polar surface area (TPSA) is 46.5 Å². The number of hydrogen-bond acceptors (Lipinski definition) is 3. The van der Waals surface area contributed by atoms with Gasteiger partial charge in [-0.25, -0.2) is 4.79 Å². The molecule has 110 valence electrons. The third-order valence-corrected chi connectivity index (χ3v) is 4.08. The van der Waals surface area contributed by atoms with Crippen LogP contribution in [0.4, 0.5) is 0 Å². The van der Waals surface area contributed by atoms with Gasteiger partial charge in [0.1, 0.15) is 0 Å². The first kappa shape index (κ1) is 15.7. The highest BCUT2D eigenvalue weighted by Gasteiger charge is 2.42. The lowest BCUT2D eigenvalue weighted by molar-refractivity contribution is -0.159. The minimum Gasteiger partial charge on any atom is -0.466 e. The highest BCUT2D eigenvalue weighted by molar-refractivity contribution is 9.10. The molecule has 0 spiro atoms. The highest BCUT2D eigenvalue weighted by atomic mass is 79.9. The van der Waals surface area contributed by atoms with E-state index in [1.165, 1.54) is 7.11 Å². The number of carbonyl (C=O) groups is 1. The van der Waals surface area contributed by atoms with Gasteiger partial charge in [-0.1, -0.05) is 63.5 Å². The molecule has 0 saturated carbocycles. The van der Waals surface area contributed by atoms with Gasteiger partial charge in [0.2, 0.25) is 5.60 Å². The first-order chi connectivity index (χ1) is 9.89. The Kier molecular flexibility index (Phi) is 4.49. The number of rotatable bonds is 3. The first-order valence-corrected chi connectivity index (χ1v) is 7.33. The Morgan fingerprint density at radius 3 is 2.24 bits per heavy atom. The van der Waals surface area contributed by atoms with E-state index in [1.54, 1.807) is 30.3 Å². The first-order valence-electron chi connectivity index (χ1n) is 6.54. The Hall–Kier alpha value is -1.65. The summed E-state index contributed by atoms with van der Waals surface area (Å²) in [6.07, 6.45) is 0. The van der Waals surface area contributed by atoms with Crippen LogP contribution in [0.3, 0.4) is 0 Å². The molecule has 0 fully saturated rings. The van der Waals surface area contributed by atoms with Gasteiger partial charge in [-0.3, -0.25) is 0 Å². The number of carbonyl (C=O) groups excluding carboxylic acids is 1. The fourth-order valence-corrected chi connectivity index (χ4v) is 3.04. The molecule has 0 aliphatic carbocycles. The predicted molar refractivity (Wildman–Crippen MR) is 85.1 cm³/mol. The standard InChI is InChI=1S/C17H17BrO3/c1-11-8-12(2)10-13(9-11)17(20,16(19)21-3)14-6-4-5-7-15(14)18/h4-10,20H,1-3H3. The van der Waals surface area contributed by atoms with Crippen molar-refractivity contribution in [2.75, 3.05) is 7.11 Å². The van der Waals surface area contributed by atoms with Gasteiger partial charge in [0.15, 0.2) is 0 Å². The molecule has 0 aliphatic heterocycles. The fraction of sp³-hybridized carbons (Fsp3) is 0.235. The number of halogens is 1. The summed E-state index contributed by atoms with van der Waals surface area (Å²) in [5.41, 5.74) is 1.06. The lowest BCUT2D eigenvalue weighted by Gasteiger charge is -2.28. The van der Waals surface area contributed by atoms with Gasteiger partial charge in [-0.2, -0.15) is 0 Å². The van der Waals surface area contributed by atoms with E-state index >= 15 is 0 Å². The molecule has 4 heteroatoms. The number of esters is 1. The molecule has 2 aromatic carbocycles. The lowest BCUT2D eigenvalue weighted by Crippen LogP contribution is -2.38. The molecule has 0 heterocycles. The van der Waals surface area contributed by atoms with Gasteiger partial charge >= 0.3 is 5.97 Å². The minimum absolute atomic E-state index is 0.460. The molecule has 0 aromatic heterocycles. The molecular weight excluding hydrogens is 332 g/mol. The summed E-state index contributed by atoms with van der Waals surface area (Å²) in [5.74, 6) is -0.709. The van der Waals surface area contributed by atoms with Crippen LogP contribution < -0.4 is 0 Å². The summed E-state index contributed by atoms with van der Waals surface area (Å²) in [5, 5.41) is 11.1. The number of aryl methyl sites for hydroxylation is 2. The monoisotopic (exact) mass is 348 g/mol. The van der Waals surface area contributed by atoms with Gasteiger partial charge in [-0.05, 0) is 25.5 Å². The summed E-state index contributed by atoms with van der Waals surface area (Å²) in [6.45, 7) is 3.85. The quantitative estimate of drug-likeness (QED) is 0.863. The van der Waals surface area contributed by atoms with Gasteiger partial charge in [-0.15, -0.1) is 0 Å². The molecule has 1 unspecified atom stereocenters. The van der Waals surface area contributed by atoms with Gasteiger partial charge in [0.05, 0.1) is 7.11 Å². The zero-order valence-electron chi connectivity index (χ0n) is 12.2. The van der Waals surface area contributed by atoms with Crippen molar-refractivity contribution < 1.29 is 14.6 Å². The fourth-order valence-electron chi connectivity index (χ4n) is 2.47. The van der Waals surface area contributed by atoms with Crippen LogP contribution in [-0.4, -0.2) is 18.2 Å². The number of ether oxygens (including phenoxy) is 1. The molecule has 0 bridgehead atoms. The number of benzene rings is 2. The second kappa shape index (κ2) is 6.00. The van der Waals surface area contributed by atoms with Crippen LogP contribution in [0.15, 0.2) is 46.9 Å². The number of aliphatic hydroxyl groups is 1. The molecule has 21 heavy (non-hydrogen) atoms. The van der Waals surface area contributed by atoms with Crippen LogP contribution in [0.2, 0.25) is 0 Å². The summed E-state index contributed by atoms with van der Waals surface area (Å²) in [7, 11) is 1.27. The SMILES string of the molecule is COC(=O)C(O)(c1cc(C)cc(C)c1)c1ccccc1Br. The van der Waals surface area contributed by atoms with Gasteiger partial charge in [0.25, 0.3) is 0 Å². The molecule has 0 radical (unpaired) electrons. The van der Waals surface area contributed by atoms with E-state index in [4.69, 9.17) is 4.74 Å². The van der Waals surface area contributed by atoms with Crippen LogP contribution in [0.5, 0.6) is 0 Å². The van der Waals surface area contributed by atoms with Gasteiger partial charge in [0, 0.05) is 10.0 Å². The second-order valence-corrected chi connectivity index (χ2v) is 5.91. The van der Waals surface area contributed by atoms with E-state index in [9.17, 15) is 9.90 Å². The van der Waals surface area contributed by atoms with Crippen molar-refractivity contribution in [3.63, 3.8) is 0 Å². The molecule has 0 saturated heterocycles. The maximum atomic E-state index is 12.3. The number of methoxy groups -OCH3 is 1. The van der Waals surface area contributed by atoms with Gasteiger partial charge < -0.3 is 9.84 Å². The Labute approximate surface area is 132 Å². The van der Waals surface area contributed by atoms with E-state index in [2.05, 4.69) is 15.9 Å². The summed E-state index contributed by atoms with van der Waals surface area (Å²) >= 11 is 3.40. The third-order valence-electron chi connectivity index (χ3n) is 3.38. The summed E-state index contributed by atoms with van der Waals surface area (Å²) < 4.78 is 5.50.